The van der Waals surface area contributed by atoms with Crippen LogP contribution in [0.3, 0.4) is 0 Å². The Balaban J connectivity index is 1.91. The van der Waals surface area contributed by atoms with Crippen LogP contribution < -0.4 is 5.32 Å². The molecule has 0 saturated carbocycles. The average Bonchev–Trinajstić information content (AvgIpc) is 2.50. The average molecular weight is 156 g/mol. The Hall–Kier alpha value is -0.120. The van der Waals surface area contributed by atoms with Crippen LogP contribution >= 0.6 is 0 Å². The largest absolute Gasteiger partial charge is 0.360 e. The lowest BCUT2D eigenvalue weighted by molar-refractivity contribution is -0.0604. The highest BCUT2D eigenvalue weighted by molar-refractivity contribution is 4.83. The summed E-state index contributed by atoms with van der Waals surface area (Å²) in [4.78, 5) is 2.53. The number of hydrogen-bond acceptors (Lipinski definition) is 3. The molecule has 11 heavy (non-hydrogen) atoms. The van der Waals surface area contributed by atoms with E-state index in [1.54, 1.807) is 0 Å². The third-order valence-electron chi connectivity index (χ3n) is 2.71. The van der Waals surface area contributed by atoms with E-state index in [0.717, 1.165) is 19.2 Å². The van der Waals surface area contributed by atoms with Crippen molar-refractivity contribution in [2.75, 3.05) is 26.7 Å². The summed E-state index contributed by atoms with van der Waals surface area (Å²) < 4.78 is 5.59. The fourth-order valence-electron chi connectivity index (χ4n) is 1.99. The topological polar surface area (TPSA) is 24.5 Å². The molecule has 1 N–H and O–H groups in total. The molecule has 0 bridgehead atoms. The van der Waals surface area contributed by atoms with Crippen molar-refractivity contribution < 1.29 is 4.74 Å². The van der Waals surface area contributed by atoms with E-state index >= 15 is 0 Å². The zero-order chi connectivity index (χ0) is 7.68. The van der Waals surface area contributed by atoms with Gasteiger partial charge in [0.15, 0.2) is 0 Å². The van der Waals surface area contributed by atoms with Crippen molar-refractivity contribution in [3.05, 3.63) is 0 Å². The van der Waals surface area contributed by atoms with E-state index < -0.39 is 0 Å². The summed E-state index contributed by atoms with van der Waals surface area (Å²) in [5, 5.41) is 3.15. The van der Waals surface area contributed by atoms with Crippen molar-refractivity contribution in [1.82, 2.24) is 10.2 Å². The standard InChI is InChI=1S/C8H16N2O/c1-9-8-5-10-4-2-3-7(10)6-11-8/h7-9H,2-6H2,1H3/t7-,8-/m0/s1. The van der Waals surface area contributed by atoms with Crippen molar-refractivity contribution >= 4 is 0 Å². The van der Waals surface area contributed by atoms with E-state index in [2.05, 4.69) is 10.2 Å². The van der Waals surface area contributed by atoms with Crippen LogP contribution in [0.4, 0.5) is 0 Å². The molecule has 0 aromatic rings. The van der Waals surface area contributed by atoms with Crippen LogP contribution in [-0.2, 0) is 4.74 Å². The van der Waals surface area contributed by atoms with Gasteiger partial charge in [-0.3, -0.25) is 10.2 Å². The molecule has 2 heterocycles. The van der Waals surface area contributed by atoms with E-state index in [4.69, 9.17) is 4.74 Å². The van der Waals surface area contributed by atoms with Crippen molar-refractivity contribution in [2.24, 2.45) is 0 Å². The van der Waals surface area contributed by atoms with Gasteiger partial charge in [-0.15, -0.1) is 0 Å². The van der Waals surface area contributed by atoms with Gasteiger partial charge >= 0.3 is 0 Å². The second-order valence-electron chi connectivity index (χ2n) is 3.40. The Kier molecular flexibility index (Phi) is 2.11. The van der Waals surface area contributed by atoms with E-state index in [9.17, 15) is 0 Å². The molecule has 3 nitrogen and oxygen atoms in total. The molecule has 2 rings (SSSR count). The predicted molar refractivity (Wildman–Crippen MR) is 43.4 cm³/mol. The molecule has 2 fully saturated rings. The molecular weight excluding hydrogens is 140 g/mol. The van der Waals surface area contributed by atoms with Crippen LogP contribution in [0.15, 0.2) is 0 Å². The molecule has 0 amide bonds. The summed E-state index contributed by atoms with van der Waals surface area (Å²) in [6.45, 7) is 3.26. The second kappa shape index (κ2) is 3.09. The quantitative estimate of drug-likeness (QED) is 0.579. The van der Waals surface area contributed by atoms with Gasteiger partial charge in [0.05, 0.1) is 6.61 Å². The summed E-state index contributed by atoms with van der Waals surface area (Å²) in [6.07, 6.45) is 2.95. The van der Waals surface area contributed by atoms with Gasteiger partial charge in [0.1, 0.15) is 6.23 Å². The number of hydrogen-bond donors (Lipinski definition) is 1. The highest BCUT2D eigenvalue weighted by atomic mass is 16.5. The molecule has 0 spiro atoms. The van der Waals surface area contributed by atoms with Gasteiger partial charge in [-0.05, 0) is 26.4 Å². The van der Waals surface area contributed by atoms with Gasteiger partial charge < -0.3 is 4.74 Å². The first-order valence-corrected chi connectivity index (χ1v) is 4.43. The van der Waals surface area contributed by atoms with Crippen molar-refractivity contribution in [2.45, 2.75) is 25.1 Å². The molecule has 0 radical (unpaired) electrons. The minimum absolute atomic E-state index is 0.268. The monoisotopic (exact) mass is 156 g/mol. The van der Waals surface area contributed by atoms with E-state index in [1.165, 1.54) is 19.4 Å². The van der Waals surface area contributed by atoms with Crippen LogP contribution in [0.1, 0.15) is 12.8 Å². The Bertz CT molecular complexity index is 140. The minimum Gasteiger partial charge on any atom is -0.360 e. The molecule has 0 aromatic heterocycles. The van der Waals surface area contributed by atoms with Crippen molar-refractivity contribution in [3.8, 4) is 0 Å². The molecular formula is C8H16N2O. The van der Waals surface area contributed by atoms with Gasteiger partial charge in [0.25, 0.3) is 0 Å². The van der Waals surface area contributed by atoms with Crippen LogP contribution in [-0.4, -0.2) is 43.9 Å². The lowest BCUT2D eigenvalue weighted by atomic mass is 10.2. The first kappa shape index (κ1) is 7.53. The number of rotatable bonds is 1. The van der Waals surface area contributed by atoms with Gasteiger partial charge in [-0.1, -0.05) is 0 Å². The molecule has 0 aromatic carbocycles. The maximum atomic E-state index is 5.59. The maximum absolute atomic E-state index is 5.59. The number of ether oxygens (including phenoxy) is 1. The molecule has 2 saturated heterocycles. The SMILES string of the molecule is CN[C@@H]1CN2CCC[C@H]2CO1. The summed E-state index contributed by atoms with van der Waals surface area (Å²) in [5.74, 6) is 0. The van der Waals surface area contributed by atoms with Crippen molar-refractivity contribution in [3.63, 3.8) is 0 Å². The van der Waals surface area contributed by atoms with Gasteiger partial charge in [0, 0.05) is 12.6 Å². The molecule has 2 aliphatic rings. The third kappa shape index (κ3) is 1.41. The third-order valence-corrected chi connectivity index (χ3v) is 2.71. The number of likely N-dealkylation sites (N-methyl/N-ethyl adjacent to an activating group) is 1. The maximum Gasteiger partial charge on any atom is 0.120 e. The summed E-state index contributed by atoms with van der Waals surface area (Å²) >= 11 is 0. The smallest absolute Gasteiger partial charge is 0.120 e. The zero-order valence-electron chi connectivity index (χ0n) is 7.05. The van der Waals surface area contributed by atoms with Crippen molar-refractivity contribution in [1.29, 1.82) is 0 Å². The Labute approximate surface area is 67.7 Å². The number of fused-ring (bicyclic) bond motifs is 1. The number of nitrogens with zero attached hydrogens (tertiary/aromatic N) is 1. The number of morpholine rings is 1. The normalized spacial score (nSPS) is 39.0. The highest BCUT2D eigenvalue weighted by Gasteiger charge is 2.31. The van der Waals surface area contributed by atoms with Gasteiger partial charge in [-0.25, -0.2) is 0 Å². The lowest BCUT2D eigenvalue weighted by Gasteiger charge is -2.34. The summed E-state index contributed by atoms with van der Waals surface area (Å²) in [5.41, 5.74) is 0. The zero-order valence-corrected chi connectivity index (χ0v) is 7.05. The summed E-state index contributed by atoms with van der Waals surface area (Å²) in [7, 11) is 1.96. The van der Waals surface area contributed by atoms with Crippen LogP contribution in [0.5, 0.6) is 0 Å². The second-order valence-corrected chi connectivity index (χ2v) is 3.40. The van der Waals surface area contributed by atoms with Gasteiger partial charge in [0.2, 0.25) is 0 Å². The Morgan fingerprint density at radius 1 is 1.55 bits per heavy atom. The van der Waals surface area contributed by atoms with Crippen LogP contribution in [0, 0.1) is 0 Å². The molecule has 2 aliphatic heterocycles. The van der Waals surface area contributed by atoms with Crippen LogP contribution in [0.2, 0.25) is 0 Å². The van der Waals surface area contributed by atoms with E-state index in [-0.39, 0.29) is 6.23 Å². The molecule has 0 unspecified atom stereocenters. The molecule has 3 heteroatoms. The highest BCUT2D eigenvalue weighted by Crippen LogP contribution is 2.21. The minimum atomic E-state index is 0.268. The predicted octanol–water partition coefficient (Wildman–Crippen LogP) is 0.0265. The van der Waals surface area contributed by atoms with E-state index in [0.29, 0.717) is 0 Å². The fourth-order valence-corrected chi connectivity index (χ4v) is 1.99. The first-order valence-electron chi connectivity index (χ1n) is 4.43. The fraction of sp³-hybridized carbons (Fsp3) is 1.00. The van der Waals surface area contributed by atoms with Gasteiger partial charge in [-0.2, -0.15) is 0 Å². The molecule has 0 aliphatic carbocycles. The van der Waals surface area contributed by atoms with E-state index in [1.807, 2.05) is 7.05 Å². The Morgan fingerprint density at radius 2 is 2.45 bits per heavy atom. The summed E-state index contributed by atoms with van der Waals surface area (Å²) in [6, 6.07) is 0.722. The van der Waals surface area contributed by atoms with Crippen LogP contribution in [0.25, 0.3) is 0 Å². The lowest BCUT2D eigenvalue weighted by Crippen LogP contribution is -2.50. The molecule has 2 atom stereocenters. The number of nitrogens with one attached hydrogen (secondary N) is 1. The Morgan fingerprint density at radius 3 is 3.27 bits per heavy atom. The first-order chi connectivity index (χ1) is 5.40. The molecule has 64 valence electrons.